The summed E-state index contributed by atoms with van der Waals surface area (Å²) in [6.45, 7) is 11.2. The van der Waals surface area contributed by atoms with E-state index in [-0.39, 0.29) is 6.04 Å². The van der Waals surface area contributed by atoms with Gasteiger partial charge in [-0.25, -0.2) is 0 Å². The lowest BCUT2D eigenvalue weighted by atomic mass is 9.82. The molecule has 2 N–H and O–H groups in total. The Morgan fingerprint density at radius 3 is 1.81 bits per heavy atom. The Morgan fingerprint density at radius 1 is 0.810 bits per heavy atom. The van der Waals surface area contributed by atoms with E-state index < -0.39 is 0 Å². The van der Waals surface area contributed by atoms with Crippen LogP contribution < -0.4 is 5.73 Å². The van der Waals surface area contributed by atoms with Crippen molar-refractivity contribution < 1.29 is 0 Å². The molecule has 1 heteroatoms. The van der Waals surface area contributed by atoms with Crippen molar-refractivity contribution in [2.24, 2.45) is 11.7 Å². The quantitative estimate of drug-likeness (QED) is 0.767. The summed E-state index contributed by atoms with van der Waals surface area (Å²) in [5.41, 5.74) is 15.2. The van der Waals surface area contributed by atoms with Gasteiger partial charge in [0, 0.05) is 6.04 Å². The smallest absolute Gasteiger partial charge is 0.0300 e. The van der Waals surface area contributed by atoms with Crippen LogP contribution in [0.1, 0.15) is 84.4 Å². The molecule has 1 unspecified atom stereocenters. The first-order valence-electron chi connectivity index (χ1n) is 8.76. The Balaban J connectivity index is 2.13. The highest BCUT2D eigenvalue weighted by atomic mass is 14.6. The standard InChI is InChI=1S/C20H33N/c1-13-14(2)16(4)20(17(5)15(13)3)19(21)12-11-18-9-7-6-8-10-18/h18-19H,6-12,21H2,1-5H3. The molecule has 0 bridgehead atoms. The van der Waals surface area contributed by atoms with Crippen molar-refractivity contribution >= 4 is 0 Å². The summed E-state index contributed by atoms with van der Waals surface area (Å²) in [4.78, 5) is 0. The fraction of sp³-hybridized carbons (Fsp3) is 0.700. The molecular weight excluding hydrogens is 254 g/mol. The lowest BCUT2D eigenvalue weighted by Crippen LogP contribution is -2.18. The van der Waals surface area contributed by atoms with Gasteiger partial charge in [0.25, 0.3) is 0 Å². The number of benzene rings is 1. The van der Waals surface area contributed by atoms with Gasteiger partial charge in [-0.1, -0.05) is 32.1 Å². The summed E-state index contributed by atoms with van der Waals surface area (Å²) in [5.74, 6) is 0.929. The molecule has 1 nitrogen and oxygen atoms in total. The van der Waals surface area contributed by atoms with Crippen LogP contribution >= 0.6 is 0 Å². The number of hydrogen-bond donors (Lipinski definition) is 1. The fourth-order valence-corrected chi connectivity index (χ4v) is 4.12. The molecule has 2 rings (SSSR count). The SMILES string of the molecule is Cc1c(C)c(C)c(C(N)CCC2CCCCC2)c(C)c1C. The van der Waals surface area contributed by atoms with Crippen LogP contribution in [0, 0.1) is 40.5 Å². The Hall–Kier alpha value is -0.820. The predicted octanol–water partition coefficient (Wildman–Crippen LogP) is 5.59. The lowest BCUT2D eigenvalue weighted by molar-refractivity contribution is 0.323. The maximum atomic E-state index is 6.60. The molecule has 0 radical (unpaired) electrons. The molecule has 0 heterocycles. The van der Waals surface area contributed by atoms with Crippen molar-refractivity contribution in [2.75, 3.05) is 0 Å². The fourth-order valence-electron chi connectivity index (χ4n) is 4.12. The van der Waals surface area contributed by atoms with E-state index in [4.69, 9.17) is 5.73 Å². The van der Waals surface area contributed by atoms with Gasteiger partial charge in [-0.3, -0.25) is 0 Å². The Kier molecular flexibility index (Phi) is 5.48. The Labute approximate surface area is 131 Å². The van der Waals surface area contributed by atoms with Gasteiger partial charge in [0.2, 0.25) is 0 Å². The van der Waals surface area contributed by atoms with E-state index >= 15 is 0 Å². The van der Waals surface area contributed by atoms with Gasteiger partial charge in [0.05, 0.1) is 0 Å². The third-order valence-electron chi connectivity index (χ3n) is 6.04. The highest BCUT2D eigenvalue weighted by Crippen LogP contribution is 2.34. The van der Waals surface area contributed by atoms with Crippen LogP contribution in [0.15, 0.2) is 0 Å². The van der Waals surface area contributed by atoms with Crippen LogP contribution in [0.4, 0.5) is 0 Å². The maximum Gasteiger partial charge on any atom is 0.0300 e. The highest BCUT2D eigenvalue weighted by molar-refractivity contribution is 5.50. The zero-order chi connectivity index (χ0) is 15.6. The summed E-state index contributed by atoms with van der Waals surface area (Å²) in [6.07, 6.45) is 9.62. The van der Waals surface area contributed by atoms with E-state index in [9.17, 15) is 0 Å². The van der Waals surface area contributed by atoms with Crippen LogP contribution in [0.2, 0.25) is 0 Å². The largest absolute Gasteiger partial charge is 0.324 e. The minimum absolute atomic E-state index is 0.213. The number of rotatable bonds is 4. The molecule has 1 fully saturated rings. The monoisotopic (exact) mass is 287 g/mol. The van der Waals surface area contributed by atoms with Gasteiger partial charge in [-0.05, 0) is 86.8 Å². The molecule has 0 aromatic heterocycles. The van der Waals surface area contributed by atoms with Crippen LogP contribution in [0.3, 0.4) is 0 Å². The van der Waals surface area contributed by atoms with E-state index in [2.05, 4.69) is 34.6 Å². The van der Waals surface area contributed by atoms with Crippen molar-refractivity contribution in [1.82, 2.24) is 0 Å². The van der Waals surface area contributed by atoms with E-state index in [1.54, 1.807) is 0 Å². The molecule has 0 saturated heterocycles. The lowest BCUT2D eigenvalue weighted by Gasteiger charge is -2.26. The van der Waals surface area contributed by atoms with E-state index in [0.29, 0.717) is 0 Å². The maximum absolute atomic E-state index is 6.60. The second kappa shape index (κ2) is 6.96. The van der Waals surface area contributed by atoms with E-state index in [1.165, 1.54) is 71.9 Å². The van der Waals surface area contributed by atoms with Crippen LogP contribution in [-0.4, -0.2) is 0 Å². The van der Waals surface area contributed by atoms with Gasteiger partial charge in [0.15, 0.2) is 0 Å². The third kappa shape index (κ3) is 3.51. The van der Waals surface area contributed by atoms with Crippen molar-refractivity contribution in [1.29, 1.82) is 0 Å². The number of nitrogens with two attached hydrogens (primary N) is 1. The minimum atomic E-state index is 0.213. The molecule has 21 heavy (non-hydrogen) atoms. The molecule has 1 saturated carbocycles. The van der Waals surface area contributed by atoms with Gasteiger partial charge in [-0.2, -0.15) is 0 Å². The third-order valence-corrected chi connectivity index (χ3v) is 6.04. The summed E-state index contributed by atoms with van der Waals surface area (Å²) in [5, 5.41) is 0. The Bertz CT molecular complexity index is 466. The molecule has 1 aromatic rings. The first kappa shape index (κ1) is 16.5. The van der Waals surface area contributed by atoms with E-state index in [1.807, 2.05) is 0 Å². The molecule has 1 aromatic carbocycles. The summed E-state index contributed by atoms with van der Waals surface area (Å²) >= 11 is 0. The van der Waals surface area contributed by atoms with Crippen molar-refractivity contribution in [3.8, 4) is 0 Å². The first-order valence-corrected chi connectivity index (χ1v) is 8.76. The average molecular weight is 287 g/mol. The van der Waals surface area contributed by atoms with Crippen molar-refractivity contribution in [2.45, 2.75) is 85.6 Å². The molecule has 0 aliphatic heterocycles. The summed E-state index contributed by atoms with van der Waals surface area (Å²) < 4.78 is 0. The average Bonchev–Trinajstić information content (AvgIpc) is 2.50. The molecular formula is C20H33N. The van der Waals surface area contributed by atoms with Gasteiger partial charge < -0.3 is 5.73 Å². The minimum Gasteiger partial charge on any atom is -0.324 e. The van der Waals surface area contributed by atoms with Crippen LogP contribution in [-0.2, 0) is 0 Å². The molecule has 1 aliphatic carbocycles. The van der Waals surface area contributed by atoms with Gasteiger partial charge in [-0.15, -0.1) is 0 Å². The zero-order valence-corrected chi connectivity index (χ0v) is 14.7. The first-order chi connectivity index (χ1) is 9.93. The van der Waals surface area contributed by atoms with Gasteiger partial charge in [0.1, 0.15) is 0 Å². The van der Waals surface area contributed by atoms with Crippen molar-refractivity contribution in [3.63, 3.8) is 0 Å². The second-order valence-electron chi connectivity index (χ2n) is 7.23. The molecule has 0 spiro atoms. The van der Waals surface area contributed by atoms with Crippen molar-refractivity contribution in [3.05, 3.63) is 33.4 Å². The van der Waals surface area contributed by atoms with Crippen LogP contribution in [0.5, 0.6) is 0 Å². The Morgan fingerprint density at radius 2 is 1.29 bits per heavy atom. The topological polar surface area (TPSA) is 26.0 Å². The normalized spacial score (nSPS) is 18.0. The summed E-state index contributed by atoms with van der Waals surface area (Å²) in [6, 6.07) is 0.213. The zero-order valence-electron chi connectivity index (χ0n) is 14.7. The van der Waals surface area contributed by atoms with E-state index in [0.717, 1.165) is 12.3 Å². The van der Waals surface area contributed by atoms with Crippen LogP contribution in [0.25, 0.3) is 0 Å². The molecule has 1 atom stereocenters. The molecule has 118 valence electrons. The predicted molar refractivity (Wildman–Crippen MR) is 92.9 cm³/mol. The second-order valence-corrected chi connectivity index (χ2v) is 7.23. The molecule has 0 amide bonds. The number of hydrogen-bond acceptors (Lipinski definition) is 1. The van der Waals surface area contributed by atoms with Gasteiger partial charge >= 0.3 is 0 Å². The highest BCUT2D eigenvalue weighted by Gasteiger charge is 2.20. The molecule has 1 aliphatic rings. The summed E-state index contributed by atoms with van der Waals surface area (Å²) in [7, 11) is 0.